The summed E-state index contributed by atoms with van der Waals surface area (Å²) in [7, 11) is 2.26. The number of hydrogen-bond acceptors (Lipinski definition) is 3. The van der Waals surface area contributed by atoms with Crippen molar-refractivity contribution in [3.63, 3.8) is 0 Å². The SMILES string of the molecule is CCCCCCCCC[N+]12C(O)C(CC)C3CC1C1N(C)c4ccccc4C14CC2C3C4O. The Labute approximate surface area is 200 Å². The minimum atomic E-state index is -0.274. The van der Waals surface area contributed by atoms with Crippen LogP contribution in [0.25, 0.3) is 0 Å². The van der Waals surface area contributed by atoms with Crippen molar-refractivity contribution < 1.29 is 14.7 Å². The van der Waals surface area contributed by atoms with E-state index in [1.165, 1.54) is 62.6 Å². The molecule has 182 valence electrons. The molecule has 0 radical (unpaired) electrons. The molecule has 1 aromatic carbocycles. The maximum absolute atomic E-state index is 12.1. The highest BCUT2D eigenvalue weighted by atomic mass is 16.3. The van der Waals surface area contributed by atoms with Crippen LogP contribution in [-0.4, -0.2) is 58.7 Å². The van der Waals surface area contributed by atoms with Gasteiger partial charge in [0.05, 0.1) is 30.1 Å². The third kappa shape index (κ3) is 2.64. The summed E-state index contributed by atoms with van der Waals surface area (Å²) in [6.45, 7) is 5.65. The van der Waals surface area contributed by atoms with Gasteiger partial charge < -0.3 is 15.1 Å². The predicted molar refractivity (Wildman–Crippen MR) is 133 cm³/mol. The molecule has 5 aliphatic heterocycles. The smallest absolute Gasteiger partial charge is 0.194 e. The maximum Gasteiger partial charge on any atom is 0.194 e. The van der Waals surface area contributed by atoms with Crippen molar-refractivity contribution in [2.45, 2.75) is 114 Å². The zero-order valence-electron chi connectivity index (χ0n) is 21.0. The first-order valence-electron chi connectivity index (χ1n) is 14.1. The number of piperidine rings is 4. The van der Waals surface area contributed by atoms with Crippen LogP contribution in [0.15, 0.2) is 24.3 Å². The Morgan fingerprint density at radius 1 is 1.00 bits per heavy atom. The second-order valence-electron chi connectivity index (χ2n) is 12.2. The molecule has 1 aromatic rings. The lowest BCUT2D eigenvalue weighted by Gasteiger charge is -2.68. The molecule has 1 aliphatic carbocycles. The van der Waals surface area contributed by atoms with Gasteiger partial charge in [-0.3, -0.25) is 4.48 Å². The zero-order chi connectivity index (χ0) is 23.0. The molecule has 10 atom stereocenters. The van der Waals surface area contributed by atoms with Gasteiger partial charge in [0.1, 0.15) is 6.04 Å². The minimum absolute atomic E-state index is 0.135. The van der Waals surface area contributed by atoms with E-state index < -0.39 is 0 Å². The lowest BCUT2D eigenvalue weighted by Crippen LogP contribution is -2.83. The first-order chi connectivity index (χ1) is 16.0. The summed E-state index contributed by atoms with van der Waals surface area (Å²) < 4.78 is 0.899. The Kier molecular flexibility index (Phi) is 5.40. The van der Waals surface area contributed by atoms with E-state index in [2.05, 4.69) is 50.1 Å². The van der Waals surface area contributed by atoms with Crippen molar-refractivity contribution in [3.8, 4) is 0 Å². The molecule has 6 aliphatic rings. The molecule has 4 nitrogen and oxygen atoms in total. The van der Waals surface area contributed by atoms with Gasteiger partial charge >= 0.3 is 0 Å². The highest BCUT2D eigenvalue weighted by molar-refractivity contribution is 5.66. The van der Waals surface area contributed by atoms with Crippen LogP contribution in [0.3, 0.4) is 0 Å². The van der Waals surface area contributed by atoms with Crippen LogP contribution < -0.4 is 4.90 Å². The van der Waals surface area contributed by atoms with E-state index in [0.717, 1.165) is 23.9 Å². The Morgan fingerprint density at radius 3 is 2.48 bits per heavy atom. The van der Waals surface area contributed by atoms with Crippen LogP contribution in [0.5, 0.6) is 0 Å². The minimum Gasteiger partial charge on any atom is -0.392 e. The standard InChI is InChI=1S/C29H45N2O2/c1-4-6-7-8-9-10-13-16-31-23-17-20(19(5-2)28(31)33)25-24(31)18-29(27(25)32)21-14-11-12-15-22(21)30(3)26(23)29/h11-12,14-15,19-20,23-28,32-33H,4-10,13,16-18H2,1-3H3/q+1. The Balaban J connectivity index is 1.36. The van der Waals surface area contributed by atoms with Crippen LogP contribution in [0.4, 0.5) is 5.69 Å². The Bertz CT molecular complexity index is 890. The average molecular weight is 454 g/mol. The van der Waals surface area contributed by atoms with Crippen molar-refractivity contribution in [1.82, 2.24) is 0 Å². The fourth-order valence-corrected chi connectivity index (χ4v) is 10.2. The number of fused-ring (bicyclic) bond motifs is 2. The zero-order valence-corrected chi connectivity index (χ0v) is 21.0. The average Bonchev–Trinajstić information content (AvgIpc) is 3.21. The molecule has 7 rings (SSSR count). The summed E-state index contributed by atoms with van der Waals surface area (Å²) >= 11 is 0. The Hall–Kier alpha value is -1.10. The van der Waals surface area contributed by atoms with E-state index in [1.54, 1.807) is 0 Å². The highest BCUT2D eigenvalue weighted by Gasteiger charge is 2.82. The van der Waals surface area contributed by atoms with Gasteiger partial charge in [0.2, 0.25) is 0 Å². The molecule has 4 saturated heterocycles. The van der Waals surface area contributed by atoms with E-state index in [9.17, 15) is 10.2 Å². The molecule has 33 heavy (non-hydrogen) atoms. The van der Waals surface area contributed by atoms with E-state index in [4.69, 9.17) is 0 Å². The second-order valence-corrected chi connectivity index (χ2v) is 12.2. The number of quaternary nitrogens is 1. The van der Waals surface area contributed by atoms with Gasteiger partial charge in [0.25, 0.3) is 0 Å². The molecule has 5 fully saturated rings. The number of anilines is 1. The highest BCUT2D eigenvalue weighted by Crippen LogP contribution is 2.71. The molecule has 5 bridgehead atoms. The van der Waals surface area contributed by atoms with Crippen molar-refractivity contribution in [3.05, 3.63) is 29.8 Å². The van der Waals surface area contributed by atoms with Crippen molar-refractivity contribution in [1.29, 1.82) is 0 Å². The number of unbranched alkanes of at least 4 members (excludes halogenated alkanes) is 6. The van der Waals surface area contributed by atoms with Crippen LogP contribution >= 0.6 is 0 Å². The summed E-state index contributed by atoms with van der Waals surface area (Å²) in [4.78, 5) is 2.51. The number of hydrogen-bond donors (Lipinski definition) is 2. The molecular weight excluding hydrogens is 408 g/mol. The molecule has 1 spiro atoms. The van der Waals surface area contributed by atoms with Crippen molar-refractivity contribution in [2.24, 2.45) is 17.8 Å². The van der Waals surface area contributed by atoms with Gasteiger partial charge in [-0.15, -0.1) is 0 Å². The summed E-state index contributed by atoms with van der Waals surface area (Å²) in [5, 5.41) is 24.1. The summed E-state index contributed by atoms with van der Waals surface area (Å²) in [6, 6.07) is 10.1. The van der Waals surface area contributed by atoms with Crippen molar-refractivity contribution >= 4 is 5.69 Å². The quantitative estimate of drug-likeness (QED) is 0.416. The van der Waals surface area contributed by atoms with E-state index in [0.29, 0.717) is 35.9 Å². The number of benzene rings is 1. The van der Waals surface area contributed by atoms with Gasteiger partial charge in [-0.05, 0) is 36.8 Å². The van der Waals surface area contributed by atoms with Crippen LogP contribution in [0.2, 0.25) is 0 Å². The second kappa shape index (κ2) is 7.96. The number of nitrogens with zero attached hydrogens (tertiary/aromatic N) is 2. The summed E-state index contributed by atoms with van der Waals surface area (Å²) in [5.74, 6) is 1.18. The third-order valence-corrected chi connectivity index (χ3v) is 11.3. The summed E-state index contributed by atoms with van der Waals surface area (Å²) in [5.41, 5.74) is 2.58. The van der Waals surface area contributed by atoms with Crippen molar-refractivity contribution in [2.75, 3.05) is 18.5 Å². The van der Waals surface area contributed by atoms with Gasteiger partial charge in [0.15, 0.2) is 6.23 Å². The lowest BCUT2D eigenvalue weighted by atomic mass is 9.60. The molecule has 1 saturated carbocycles. The molecule has 5 heterocycles. The van der Waals surface area contributed by atoms with Gasteiger partial charge in [-0.1, -0.05) is 64.2 Å². The molecule has 4 heteroatoms. The molecule has 2 N–H and O–H groups in total. The first-order valence-corrected chi connectivity index (χ1v) is 14.1. The largest absolute Gasteiger partial charge is 0.392 e. The first kappa shape index (κ1) is 22.4. The number of likely N-dealkylation sites (N-methyl/N-ethyl adjacent to an activating group) is 1. The number of aliphatic hydroxyl groups is 2. The summed E-state index contributed by atoms with van der Waals surface area (Å²) in [6.07, 6.45) is 12.0. The van der Waals surface area contributed by atoms with Gasteiger partial charge in [0, 0.05) is 37.4 Å². The molecule has 0 aromatic heterocycles. The van der Waals surface area contributed by atoms with Gasteiger partial charge in [-0.25, -0.2) is 0 Å². The monoisotopic (exact) mass is 453 g/mol. The molecule has 0 amide bonds. The van der Waals surface area contributed by atoms with E-state index in [1.807, 2.05) is 0 Å². The Morgan fingerprint density at radius 2 is 1.73 bits per heavy atom. The topological polar surface area (TPSA) is 43.7 Å². The van der Waals surface area contributed by atoms with Crippen LogP contribution in [0.1, 0.15) is 83.6 Å². The molecular formula is C29H45N2O2+. The van der Waals surface area contributed by atoms with E-state index in [-0.39, 0.29) is 17.7 Å². The predicted octanol–water partition coefficient (Wildman–Crippen LogP) is 4.82. The van der Waals surface area contributed by atoms with E-state index >= 15 is 0 Å². The fraction of sp³-hybridized carbons (Fsp3) is 0.793. The normalized spacial score (nSPS) is 46.2. The van der Waals surface area contributed by atoms with Gasteiger partial charge in [-0.2, -0.15) is 0 Å². The van der Waals surface area contributed by atoms with Crippen LogP contribution in [-0.2, 0) is 5.41 Å². The fourth-order valence-electron chi connectivity index (χ4n) is 10.2. The third-order valence-electron chi connectivity index (χ3n) is 11.3. The maximum atomic E-state index is 12.1. The number of rotatable bonds is 9. The number of aliphatic hydroxyl groups excluding tert-OH is 2. The number of para-hydroxylation sites is 1. The lowest BCUT2D eigenvalue weighted by molar-refractivity contribution is -1.04. The molecule has 10 unspecified atom stereocenters. The van der Waals surface area contributed by atoms with Crippen LogP contribution in [0, 0.1) is 17.8 Å².